The molecule has 0 atom stereocenters. The quantitative estimate of drug-likeness (QED) is 0.861. The van der Waals surface area contributed by atoms with E-state index < -0.39 is 0 Å². The highest BCUT2D eigenvalue weighted by molar-refractivity contribution is 6.30. The molecular formula is C14H19ClN2O. The molecule has 2 amide bonds. The topological polar surface area (TPSA) is 41.1 Å². The Hall–Kier alpha value is -1.48. The lowest BCUT2D eigenvalue weighted by Crippen LogP contribution is -2.31. The number of carbonyl (C=O) groups is 1. The Balaban J connectivity index is 2.33. The second kappa shape index (κ2) is 6.45. The summed E-state index contributed by atoms with van der Waals surface area (Å²) >= 11 is 5.78. The number of hydrogen-bond acceptors (Lipinski definition) is 1. The van der Waals surface area contributed by atoms with E-state index in [4.69, 9.17) is 11.6 Å². The fourth-order valence-electron chi connectivity index (χ4n) is 1.20. The molecule has 0 aliphatic rings. The Kier molecular flexibility index (Phi) is 5.23. The van der Waals surface area contributed by atoms with Gasteiger partial charge in [0.1, 0.15) is 0 Å². The first kappa shape index (κ1) is 14.6. The Morgan fingerprint density at radius 3 is 2.44 bits per heavy atom. The summed E-state index contributed by atoms with van der Waals surface area (Å²) in [5.74, 6) is 0. The Bertz CT molecular complexity index is 418. The zero-order chi connectivity index (χ0) is 13.6. The fourth-order valence-corrected chi connectivity index (χ4v) is 1.33. The minimum Gasteiger partial charge on any atom is -0.334 e. The molecule has 4 heteroatoms. The van der Waals surface area contributed by atoms with Gasteiger partial charge in [-0.2, -0.15) is 0 Å². The molecule has 0 heterocycles. The van der Waals surface area contributed by atoms with Crippen molar-refractivity contribution in [1.29, 1.82) is 0 Å². The first-order valence-electron chi connectivity index (χ1n) is 5.83. The highest BCUT2D eigenvalue weighted by Gasteiger charge is 2.04. The summed E-state index contributed by atoms with van der Waals surface area (Å²) in [5, 5.41) is 6.12. The number of benzene rings is 1. The predicted octanol–water partition coefficient (Wildman–Crippen LogP) is 3.70. The molecule has 2 N–H and O–H groups in total. The lowest BCUT2D eigenvalue weighted by molar-refractivity contribution is 0.243. The van der Waals surface area contributed by atoms with E-state index >= 15 is 0 Å². The van der Waals surface area contributed by atoms with Crippen LogP contribution in [0.25, 0.3) is 0 Å². The van der Waals surface area contributed by atoms with Crippen LogP contribution in [-0.4, -0.2) is 6.03 Å². The van der Waals surface area contributed by atoms with E-state index in [0.717, 1.165) is 5.56 Å². The Labute approximate surface area is 113 Å². The van der Waals surface area contributed by atoms with Crippen molar-refractivity contribution in [3.05, 3.63) is 47.1 Å². The first-order valence-corrected chi connectivity index (χ1v) is 6.21. The van der Waals surface area contributed by atoms with Crippen molar-refractivity contribution < 1.29 is 4.79 Å². The van der Waals surface area contributed by atoms with Crippen molar-refractivity contribution >= 4 is 17.6 Å². The summed E-state index contributed by atoms with van der Waals surface area (Å²) in [7, 11) is 0. The van der Waals surface area contributed by atoms with Crippen LogP contribution in [0, 0.1) is 5.41 Å². The molecule has 1 aromatic carbocycles. The van der Waals surface area contributed by atoms with Gasteiger partial charge in [-0.15, -0.1) is 0 Å². The molecule has 1 aromatic rings. The maximum atomic E-state index is 11.5. The summed E-state index contributed by atoms with van der Waals surface area (Å²) in [4.78, 5) is 11.5. The lowest BCUT2D eigenvalue weighted by atomic mass is 9.97. The van der Waals surface area contributed by atoms with E-state index in [1.165, 1.54) is 0 Å². The SMILES string of the molecule is CC(C)(C)/C=C/NC(=O)NCc1ccc(Cl)cc1. The minimum atomic E-state index is -0.217. The van der Waals surface area contributed by atoms with Crippen LogP contribution in [0.3, 0.4) is 0 Å². The molecule has 0 fully saturated rings. The van der Waals surface area contributed by atoms with Crippen LogP contribution in [0.5, 0.6) is 0 Å². The van der Waals surface area contributed by atoms with Crippen LogP contribution in [0.1, 0.15) is 26.3 Å². The van der Waals surface area contributed by atoms with Gasteiger partial charge in [-0.25, -0.2) is 4.79 Å². The molecule has 0 radical (unpaired) electrons. The summed E-state index contributed by atoms with van der Waals surface area (Å²) in [6.07, 6.45) is 3.60. The highest BCUT2D eigenvalue weighted by atomic mass is 35.5. The third-order valence-corrected chi connectivity index (χ3v) is 2.42. The van der Waals surface area contributed by atoms with E-state index in [2.05, 4.69) is 31.4 Å². The molecule has 3 nitrogen and oxygen atoms in total. The molecule has 98 valence electrons. The van der Waals surface area contributed by atoms with E-state index in [9.17, 15) is 4.79 Å². The van der Waals surface area contributed by atoms with Gasteiger partial charge in [0, 0.05) is 17.8 Å². The van der Waals surface area contributed by atoms with Gasteiger partial charge < -0.3 is 10.6 Å². The number of urea groups is 1. The van der Waals surface area contributed by atoms with Gasteiger partial charge in [0.15, 0.2) is 0 Å². The lowest BCUT2D eigenvalue weighted by Gasteiger charge is -2.11. The largest absolute Gasteiger partial charge is 0.334 e. The molecule has 0 bridgehead atoms. The van der Waals surface area contributed by atoms with E-state index in [0.29, 0.717) is 11.6 Å². The van der Waals surface area contributed by atoms with Crippen molar-refractivity contribution in [2.24, 2.45) is 5.41 Å². The highest BCUT2D eigenvalue weighted by Crippen LogP contribution is 2.13. The van der Waals surface area contributed by atoms with Gasteiger partial charge in [-0.05, 0) is 23.1 Å². The van der Waals surface area contributed by atoms with Gasteiger partial charge >= 0.3 is 6.03 Å². The minimum absolute atomic E-state index is 0.0590. The molecule has 0 unspecified atom stereocenters. The van der Waals surface area contributed by atoms with Crippen LogP contribution >= 0.6 is 11.6 Å². The fraction of sp³-hybridized carbons (Fsp3) is 0.357. The van der Waals surface area contributed by atoms with Crippen molar-refractivity contribution in [3.8, 4) is 0 Å². The monoisotopic (exact) mass is 266 g/mol. The standard InChI is InChI=1S/C14H19ClN2O/c1-14(2,3)8-9-16-13(18)17-10-11-4-6-12(15)7-5-11/h4-9H,10H2,1-3H3,(H2,16,17,18)/b9-8+. The number of hydrogen-bond donors (Lipinski definition) is 2. The zero-order valence-electron chi connectivity index (χ0n) is 11.0. The van der Waals surface area contributed by atoms with Gasteiger partial charge in [-0.3, -0.25) is 0 Å². The van der Waals surface area contributed by atoms with Crippen LogP contribution < -0.4 is 10.6 Å². The first-order chi connectivity index (χ1) is 8.37. The average Bonchev–Trinajstić information content (AvgIpc) is 2.26. The van der Waals surface area contributed by atoms with Crippen molar-refractivity contribution in [1.82, 2.24) is 10.6 Å². The predicted molar refractivity (Wildman–Crippen MR) is 75.4 cm³/mol. The maximum absolute atomic E-state index is 11.5. The van der Waals surface area contributed by atoms with Gasteiger partial charge in [0.2, 0.25) is 0 Å². The van der Waals surface area contributed by atoms with Crippen molar-refractivity contribution in [2.45, 2.75) is 27.3 Å². The van der Waals surface area contributed by atoms with Crippen LogP contribution in [0.15, 0.2) is 36.5 Å². The van der Waals surface area contributed by atoms with Crippen LogP contribution in [0.4, 0.5) is 4.79 Å². The van der Waals surface area contributed by atoms with E-state index in [1.54, 1.807) is 18.3 Å². The third-order valence-electron chi connectivity index (χ3n) is 2.16. The van der Waals surface area contributed by atoms with Crippen molar-refractivity contribution in [3.63, 3.8) is 0 Å². The molecule has 1 rings (SSSR count). The molecule has 18 heavy (non-hydrogen) atoms. The Morgan fingerprint density at radius 2 is 1.89 bits per heavy atom. The molecule has 0 aromatic heterocycles. The molecule has 0 aliphatic carbocycles. The van der Waals surface area contributed by atoms with E-state index in [-0.39, 0.29) is 11.4 Å². The summed E-state index contributed by atoms with van der Waals surface area (Å²) in [6, 6.07) is 7.15. The number of rotatable bonds is 3. The number of halogens is 1. The number of nitrogens with one attached hydrogen (secondary N) is 2. The number of allylic oxidation sites excluding steroid dienone is 1. The number of carbonyl (C=O) groups excluding carboxylic acids is 1. The molecular weight excluding hydrogens is 248 g/mol. The second-order valence-electron chi connectivity index (χ2n) is 5.15. The van der Waals surface area contributed by atoms with Crippen LogP contribution in [0.2, 0.25) is 5.02 Å². The zero-order valence-corrected chi connectivity index (χ0v) is 11.7. The molecule has 0 spiro atoms. The van der Waals surface area contributed by atoms with Crippen LogP contribution in [-0.2, 0) is 6.54 Å². The molecule has 0 saturated carbocycles. The van der Waals surface area contributed by atoms with Gasteiger partial charge in [-0.1, -0.05) is 50.6 Å². The summed E-state index contributed by atoms with van der Waals surface area (Å²) < 4.78 is 0. The normalized spacial score (nSPS) is 11.6. The number of amides is 2. The van der Waals surface area contributed by atoms with Crippen molar-refractivity contribution in [2.75, 3.05) is 0 Å². The molecule has 0 aliphatic heterocycles. The average molecular weight is 267 g/mol. The van der Waals surface area contributed by atoms with E-state index in [1.807, 2.05) is 18.2 Å². The second-order valence-corrected chi connectivity index (χ2v) is 5.59. The third kappa shape index (κ3) is 6.30. The summed E-state index contributed by atoms with van der Waals surface area (Å²) in [5.41, 5.74) is 1.07. The smallest absolute Gasteiger partial charge is 0.319 e. The maximum Gasteiger partial charge on any atom is 0.319 e. The van der Waals surface area contributed by atoms with Gasteiger partial charge in [0.05, 0.1) is 0 Å². The Morgan fingerprint density at radius 1 is 1.28 bits per heavy atom. The summed E-state index contributed by atoms with van der Waals surface area (Å²) in [6.45, 7) is 6.68. The van der Waals surface area contributed by atoms with Gasteiger partial charge in [0.25, 0.3) is 0 Å². The molecule has 0 saturated heterocycles.